The van der Waals surface area contributed by atoms with Crippen molar-refractivity contribution in [3.05, 3.63) is 35.4 Å². The van der Waals surface area contributed by atoms with E-state index in [1.165, 1.54) is 0 Å². The molecule has 1 N–H and O–H groups in total. The number of piperazine rings is 1. The number of hydrogen-bond acceptors (Lipinski definition) is 2. The SMILES string of the molecule is CC.CC1CN(C(C)c2ccc(C(F)(F)F)cc2)CCN1. The van der Waals surface area contributed by atoms with E-state index in [9.17, 15) is 13.2 Å². The molecule has 21 heavy (non-hydrogen) atoms. The van der Waals surface area contributed by atoms with Gasteiger partial charge < -0.3 is 5.32 Å². The maximum Gasteiger partial charge on any atom is 0.416 e. The highest BCUT2D eigenvalue weighted by Gasteiger charge is 2.30. The zero-order valence-corrected chi connectivity index (χ0v) is 13.2. The van der Waals surface area contributed by atoms with Crippen LogP contribution in [0, 0.1) is 0 Å². The molecule has 0 bridgehead atoms. The highest BCUT2D eigenvalue weighted by Crippen LogP contribution is 2.30. The first-order valence-corrected chi connectivity index (χ1v) is 7.52. The van der Waals surface area contributed by atoms with Crippen molar-refractivity contribution in [2.24, 2.45) is 0 Å². The van der Waals surface area contributed by atoms with E-state index >= 15 is 0 Å². The van der Waals surface area contributed by atoms with E-state index in [0.717, 1.165) is 37.3 Å². The Bertz CT molecular complexity index is 415. The summed E-state index contributed by atoms with van der Waals surface area (Å²) in [7, 11) is 0. The number of nitrogens with zero attached hydrogens (tertiary/aromatic N) is 1. The van der Waals surface area contributed by atoms with Crippen molar-refractivity contribution in [3.8, 4) is 0 Å². The predicted octanol–water partition coefficient (Wildman–Crippen LogP) is 4.09. The van der Waals surface area contributed by atoms with E-state index in [-0.39, 0.29) is 6.04 Å². The second-order valence-electron chi connectivity index (χ2n) is 5.15. The van der Waals surface area contributed by atoms with Gasteiger partial charge in [-0.1, -0.05) is 26.0 Å². The average Bonchev–Trinajstić information content (AvgIpc) is 2.48. The molecule has 2 unspecified atom stereocenters. The third-order valence-electron chi connectivity index (χ3n) is 3.67. The molecular weight excluding hydrogens is 277 g/mol. The van der Waals surface area contributed by atoms with Crippen LogP contribution in [0.5, 0.6) is 0 Å². The number of rotatable bonds is 2. The predicted molar refractivity (Wildman–Crippen MR) is 80.2 cm³/mol. The largest absolute Gasteiger partial charge is 0.416 e. The number of hydrogen-bond donors (Lipinski definition) is 1. The van der Waals surface area contributed by atoms with E-state index in [4.69, 9.17) is 0 Å². The Balaban J connectivity index is 0.00000106. The first-order chi connectivity index (χ1) is 9.88. The second-order valence-corrected chi connectivity index (χ2v) is 5.15. The van der Waals surface area contributed by atoms with E-state index in [1.54, 1.807) is 12.1 Å². The number of alkyl halides is 3. The standard InChI is InChI=1S/C14H19F3N2.C2H6/c1-10-9-19(8-7-18-10)11(2)12-3-5-13(6-4-12)14(15,16)17;1-2/h3-6,10-11,18H,7-9H2,1-2H3;1-2H3. The lowest BCUT2D eigenvalue weighted by molar-refractivity contribution is -0.137. The van der Waals surface area contributed by atoms with Gasteiger partial charge in [-0.25, -0.2) is 0 Å². The summed E-state index contributed by atoms with van der Waals surface area (Å²) in [6, 6.07) is 6.06. The zero-order chi connectivity index (χ0) is 16.0. The molecule has 0 amide bonds. The van der Waals surface area contributed by atoms with Crippen LogP contribution in [0.15, 0.2) is 24.3 Å². The summed E-state index contributed by atoms with van der Waals surface area (Å²) in [5, 5.41) is 3.36. The highest BCUT2D eigenvalue weighted by molar-refractivity contribution is 5.26. The molecule has 1 aromatic carbocycles. The van der Waals surface area contributed by atoms with Crippen molar-refractivity contribution in [2.45, 2.75) is 46.0 Å². The Labute approximate surface area is 125 Å². The average molecular weight is 302 g/mol. The van der Waals surface area contributed by atoms with Crippen molar-refractivity contribution in [1.82, 2.24) is 10.2 Å². The van der Waals surface area contributed by atoms with Crippen molar-refractivity contribution >= 4 is 0 Å². The lowest BCUT2D eigenvalue weighted by Gasteiger charge is -2.36. The van der Waals surface area contributed by atoms with Gasteiger partial charge in [-0.15, -0.1) is 0 Å². The lowest BCUT2D eigenvalue weighted by Crippen LogP contribution is -2.49. The molecule has 0 radical (unpaired) electrons. The molecule has 1 aliphatic heterocycles. The maximum absolute atomic E-state index is 12.5. The minimum atomic E-state index is -4.26. The van der Waals surface area contributed by atoms with Crippen molar-refractivity contribution in [1.29, 1.82) is 0 Å². The normalized spacial score (nSPS) is 21.4. The molecule has 1 saturated heterocycles. The molecule has 2 nitrogen and oxygen atoms in total. The maximum atomic E-state index is 12.5. The van der Waals surface area contributed by atoms with E-state index in [1.807, 2.05) is 20.8 Å². The molecular formula is C16H25F3N2. The minimum absolute atomic E-state index is 0.145. The zero-order valence-electron chi connectivity index (χ0n) is 13.2. The summed E-state index contributed by atoms with van der Waals surface area (Å²) in [6.45, 7) is 10.9. The molecule has 0 aliphatic carbocycles. The quantitative estimate of drug-likeness (QED) is 0.885. The number of halogens is 3. The topological polar surface area (TPSA) is 15.3 Å². The lowest BCUT2D eigenvalue weighted by atomic mass is 10.0. The van der Waals surface area contributed by atoms with Gasteiger partial charge in [0.2, 0.25) is 0 Å². The third kappa shape index (κ3) is 5.00. The Morgan fingerprint density at radius 1 is 1.19 bits per heavy atom. The van der Waals surface area contributed by atoms with Gasteiger partial charge in [-0.3, -0.25) is 4.90 Å². The number of benzene rings is 1. The van der Waals surface area contributed by atoms with Gasteiger partial charge >= 0.3 is 6.18 Å². The minimum Gasteiger partial charge on any atom is -0.312 e. The number of nitrogens with one attached hydrogen (secondary N) is 1. The summed E-state index contributed by atoms with van der Waals surface area (Å²) in [5.41, 5.74) is 0.347. The molecule has 0 aromatic heterocycles. The van der Waals surface area contributed by atoms with Crippen LogP contribution in [0.4, 0.5) is 13.2 Å². The van der Waals surface area contributed by atoms with Crippen LogP contribution in [-0.2, 0) is 6.18 Å². The first kappa shape index (κ1) is 18.0. The Morgan fingerprint density at radius 2 is 1.76 bits per heavy atom. The van der Waals surface area contributed by atoms with E-state index < -0.39 is 11.7 Å². The molecule has 2 atom stereocenters. The van der Waals surface area contributed by atoms with E-state index in [0.29, 0.717) is 6.04 Å². The molecule has 1 aliphatic rings. The monoisotopic (exact) mass is 302 g/mol. The second kappa shape index (κ2) is 7.80. The highest BCUT2D eigenvalue weighted by atomic mass is 19.4. The van der Waals surface area contributed by atoms with Crippen molar-refractivity contribution < 1.29 is 13.2 Å². The summed E-state index contributed by atoms with van der Waals surface area (Å²) < 4.78 is 37.5. The van der Waals surface area contributed by atoms with Crippen molar-refractivity contribution in [2.75, 3.05) is 19.6 Å². The van der Waals surface area contributed by atoms with Crippen LogP contribution in [0.3, 0.4) is 0 Å². The van der Waals surface area contributed by atoms with Gasteiger partial charge in [-0.2, -0.15) is 13.2 Å². The molecule has 5 heteroatoms. The van der Waals surface area contributed by atoms with Crippen LogP contribution in [0.1, 0.15) is 44.9 Å². The van der Waals surface area contributed by atoms with E-state index in [2.05, 4.69) is 17.1 Å². The van der Waals surface area contributed by atoms with Gasteiger partial charge in [0.1, 0.15) is 0 Å². The summed E-state index contributed by atoms with van der Waals surface area (Å²) in [5.74, 6) is 0. The van der Waals surface area contributed by atoms with Crippen LogP contribution in [0.2, 0.25) is 0 Å². The molecule has 1 heterocycles. The Kier molecular flexibility index (Phi) is 6.68. The molecule has 1 fully saturated rings. The molecule has 2 rings (SSSR count). The van der Waals surface area contributed by atoms with Gasteiger partial charge in [0.25, 0.3) is 0 Å². The first-order valence-electron chi connectivity index (χ1n) is 7.52. The summed E-state index contributed by atoms with van der Waals surface area (Å²) >= 11 is 0. The van der Waals surface area contributed by atoms with Gasteiger partial charge in [-0.05, 0) is 31.5 Å². The molecule has 120 valence electrons. The smallest absolute Gasteiger partial charge is 0.312 e. The van der Waals surface area contributed by atoms with Crippen LogP contribution in [-0.4, -0.2) is 30.6 Å². The Hall–Kier alpha value is -1.07. The van der Waals surface area contributed by atoms with Crippen LogP contribution >= 0.6 is 0 Å². The Morgan fingerprint density at radius 3 is 2.24 bits per heavy atom. The van der Waals surface area contributed by atoms with Crippen LogP contribution < -0.4 is 5.32 Å². The fourth-order valence-electron chi connectivity index (χ4n) is 2.48. The molecule has 0 spiro atoms. The molecule has 0 saturated carbocycles. The molecule has 1 aromatic rings. The van der Waals surface area contributed by atoms with Crippen LogP contribution in [0.25, 0.3) is 0 Å². The fraction of sp³-hybridized carbons (Fsp3) is 0.625. The van der Waals surface area contributed by atoms with Gasteiger partial charge in [0.05, 0.1) is 5.56 Å². The van der Waals surface area contributed by atoms with Gasteiger partial charge in [0.15, 0.2) is 0 Å². The third-order valence-corrected chi connectivity index (χ3v) is 3.67. The van der Waals surface area contributed by atoms with Crippen molar-refractivity contribution in [3.63, 3.8) is 0 Å². The summed E-state index contributed by atoms with van der Waals surface area (Å²) in [6.07, 6.45) is -4.26. The van der Waals surface area contributed by atoms with Gasteiger partial charge in [0, 0.05) is 31.7 Å². The summed E-state index contributed by atoms with van der Waals surface area (Å²) in [4.78, 5) is 2.30. The fourth-order valence-corrected chi connectivity index (χ4v) is 2.48.